The highest BCUT2D eigenvalue weighted by Crippen LogP contribution is 2.23. The van der Waals surface area contributed by atoms with Gasteiger partial charge in [0.2, 0.25) is 0 Å². The highest BCUT2D eigenvalue weighted by Gasteiger charge is 2.21. The van der Waals surface area contributed by atoms with Gasteiger partial charge in [-0.25, -0.2) is 4.79 Å². The third-order valence-corrected chi connectivity index (χ3v) is 4.23. The fourth-order valence-electron chi connectivity index (χ4n) is 2.20. The van der Waals surface area contributed by atoms with Crippen LogP contribution in [-0.4, -0.2) is 17.2 Å². The minimum absolute atomic E-state index is 0.272. The summed E-state index contributed by atoms with van der Waals surface area (Å²) in [7, 11) is 0. The molecule has 0 saturated carbocycles. The van der Waals surface area contributed by atoms with E-state index in [2.05, 4.69) is 0 Å². The molecule has 0 aliphatic carbocycles. The van der Waals surface area contributed by atoms with E-state index in [-0.39, 0.29) is 6.42 Å². The lowest BCUT2D eigenvalue weighted by molar-refractivity contribution is -0.145. The van der Waals surface area contributed by atoms with E-state index < -0.39 is 12.1 Å². The van der Waals surface area contributed by atoms with Gasteiger partial charge >= 0.3 is 5.97 Å². The molecule has 0 fully saturated rings. The van der Waals surface area contributed by atoms with Gasteiger partial charge in [-0.15, -0.1) is 0 Å². The molecule has 3 nitrogen and oxygen atoms in total. The average Bonchev–Trinajstić information content (AvgIpc) is 2.46. The van der Waals surface area contributed by atoms with E-state index in [0.717, 1.165) is 22.3 Å². The van der Waals surface area contributed by atoms with Crippen molar-refractivity contribution in [1.29, 1.82) is 0 Å². The third-order valence-electron chi connectivity index (χ3n) is 3.82. The summed E-state index contributed by atoms with van der Waals surface area (Å²) in [6.07, 6.45) is -0.673. The maximum atomic E-state index is 11.5. The summed E-state index contributed by atoms with van der Waals surface area (Å²) in [6, 6.07) is 11.1. The van der Waals surface area contributed by atoms with Crippen LogP contribution in [0.5, 0.6) is 5.75 Å². The van der Waals surface area contributed by atoms with E-state index in [1.54, 1.807) is 12.1 Å². The second-order valence-corrected chi connectivity index (χ2v) is 5.83. The Balaban J connectivity index is 2.21. The first-order chi connectivity index (χ1) is 10.4. The first kappa shape index (κ1) is 16.4. The highest BCUT2D eigenvalue weighted by atomic mass is 35.5. The van der Waals surface area contributed by atoms with Crippen LogP contribution in [0.25, 0.3) is 0 Å². The summed E-state index contributed by atoms with van der Waals surface area (Å²) in [4.78, 5) is 11.5. The normalized spacial score (nSPS) is 12.0. The minimum Gasteiger partial charge on any atom is -0.478 e. The molecule has 22 heavy (non-hydrogen) atoms. The zero-order valence-corrected chi connectivity index (χ0v) is 13.6. The van der Waals surface area contributed by atoms with Gasteiger partial charge in [-0.3, -0.25) is 0 Å². The summed E-state index contributed by atoms with van der Waals surface area (Å²) < 4.78 is 5.67. The molecule has 1 unspecified atom stereocenters. The Kier molecular flexibility index (Phi) is 5.09. The summed E-state index contributed by atoms with van der Waals surface area (Å²) >= 11 is 6.09. The second kappa shape index (κ2) is 6.84. The Morgan fingerprint density at radius 1 is 1.18 bits per heavy atom. The maximum Gasteiger partial charge on any atom is 0.345 e. The molecule has 1 N–H and O–H groups in total. The van der Waals surface area contributed by atoms with Crippen molar-refractivity contribution in [2.45, 2.75) is 33.3 Å². The topological polar surface area (TPSA) is 46.5 Å². The van der Waals surface area contributed by atoms with Crippen molar-refractivity contribution in [3.8, 4) is 5.75 Å². The molecular formula is C18H19ClO3. The standard InChI is InChI=1S/C18H19ClO3/c1-11-7-8-15(9-12(11)2)22-17(18(20)21)10-14-5-4-6-16(19)13(14)3/h4-9,17H,10H2,1-3H3,(H,20,21). The molecule has 2 aromatic rings. The molecule has 0 aliphatic heterocycles. The Morgan fingerprint density at radius 3 is 2.55 bits per heavy atom. The van der Waals surface area contributed by atoms with Crippen molar-refractivity contribution in [3.05, 3.63) is 63.7 Å². The number of halogens is 1. The van der Waals surface area contributed by atoms with E-state index in [4.69, 9.17) is 16.3 Å². The summed E-state index contributed by atoms with van der Waals surface area (Å²) in [5.74, 6) is -0.423. The zero-order valence-electron chi connectivity index (χ0n) is 12.9. The van der Waals surface area contributed by atoms with Crippen LogP contribution in [0.3, 0.4) is 0 Å². The van der Waals surface area contributed by atoms with Gasteiger partial charge in [0.05, 0.1) is 0 Å². The fourth-order valence-corrected chi connectivity index (χ4v) is 2.40. The first-order valence-corrected chi connectivity index (χ1v) is 7.47. The number of ether oxygens (including phenoxy) is 1. The minimum atomic E-state index is -0.988. The summed E-state index contributed by atoms with van der Waals surface area (Å²) in [5, 5.41) is 10.1. The van der Waals surface area contributed by atoms with Gasteiger partial charge in [0.25, 0.3) is 0 Å². The molecule has 0 heterocycles. The van der Waals surface area contributed by atoms with Gasteiger partial charge in [0.15, 0.2) is 6.10 Å². The number of aliphatic carboxylic acids is 1. The molecule has 2 rings (SSSR count). The Hall–Kier alpha value is -2.00. The molecular weight excluding hydrogens is 300 g/mol. The van der Waals surface area contributed by atoms with E-state index >= 15 is 0 Å². The van der Waals surface area contributed by atoms with Crippen LogP contribution in [0.15, 0.2) is 36.4 Å². The van der Waals surface area contributed by atoms with E-state index in [0.29, 0.717) is 10.8 Å². The summed E-state index contributed by atoms with van der Waals surface area (Å²) in [5.41, 5.74) is 3.98. The van der Waals surface area contributed by atoms with Crippen molar-refractivity contribution in [1.82, 2.24) is 0 Å². The predicted octanol–water partition coefficient (Wildman–Crippen LogP) is 4.34. The van der Waals surface area contributed by atoms with Crippen LogP contribution in [-0.2, 0) is 11.2 Å². The van der Waals surface area contributed by atoms with E-state index in [9.17, 15) is 9.90 Å². The number of benzene rings is 2. The average molecular weight is 319 g/mol. The molecule has 0 aromatic heterocycles. The number of carboxylic acids is 1. The zero-order chi connectivity index (χ0) is 16.3. The molecule has 1 atom stereocenters. The lowest BCUT2D eigenvalue weighted by Crippen LogP contribution is -2.29. The second-order valence-electron chi connectivity index (χ2n) is 5.42. The lowest BCUT2D eigenvalue weighted by Gasteiger charge is -2.17. The van der Waals surface area contributed by atoms with Crippen LogP contribution in [0.4, 0.5) is 0 Å². The van der Waals surface area contributed by atoms with Crippen LogP contribution in [0.2, 0.25) is 5.02 Å². The Labute approximate surface area is 135 Å². The number of hydrogen-bond donors (Lipinski definition) is 1. The van der Waals surface area contributed by atoms with Crippen molar-refractivity contribution >= 4 is 17.6 Å². The fraction of sp³-hybridized carbons (Fsp3) is 0.278. The maximum absolute atomic E-state index is 11.5. The third kappa shape index (κ3) is 3.80. The number of hydrogen-bond acceptors (Lipinski definition) is 2. The molecule has 0 spiro atoms. The van der Waals surface area contributed by atoms with Crippen molar-refractivity contribution in [2.75, 3.05) is 0 Å². The SMILES string of the molecule is Cc1ccc(OC(Cc2cccc(Cl)c2C)C(=O)O)cc1C. The summed E-state index contributed by atoms with van der Waals surface area (Å²) in [6.45, 7) is 5.86. The van der Waals surface area contributed by atoms with Crippen molar-refractivity contribution in [2.24, 2.45) is 0 Å². The van der Waals surface area contributed by atoms with Gasteiger partial charge in [0, 0.05) is 11.4 Å². The van der Waals surface area contributed by atoms with Gasteiger partial charge in [-0.1, -0.05) is 29.8 Å². The quantitative estimate of drug-likeness (QED) is 0.892. The predicted molar refractivity (Wildman–Crippen MR) is 87.9 cm³/mol. The molecule has 2 aromatic carbocycles. The Bertz CT molecular complexity index is 695. The molecule has 0 amide bonds. The van der Waals surface area contributed by atoms with Crippen LogP contribution in [0.1, 0.15) is 22.3 Å². The van der Waals surface area contributed by atoms with Crippen LogP contribution >= 0.6 is 11.6 Å². The highest BCUT2D eigenvalue weighted by molar-refractivity contribution is 6.31. The van der Waals surface area contributed by atoms with Gasteiger partial charge in [-0.05, 0) is 61.2 Å². The number of rotatable bonds is 5. The van der Waals surface area contributed by atoms with Gasteiger partial charge in [0.1, 0.15) is 5.75 Å². The lowest BCUT2D eigenvalue weighted by atomic mass is 10.0. The first-order valence-electron chi connectivity index (χ1n) is 7.09. The smallest absolute Gasteiger partial charge is 0.345 e. The Morgan fingerprint density at radius 2 is 1.91 bits per heavy atom. The number of carboxylic acid groups (broad SMARTS) is 1. The molecule has 0 aliphatic rings. The van der Waals surface area contributed by atoms with Crippen LogP contribution < -0.4 is 4.74 Å². The van der Waals surface area contributed by atoms with E-state index in [1.165, 1.54) is 0 Å². The molecule has 0 saturated heterocycles. The molecule has 4 heteroatoms. The molecule has 116 valence electrons. The largest absolute Gasteiger partial charge is 0.478 e. The molecule has 0 radical (unpaired) electrons. The molecule has 0 bridgehead atoms. The number of carbonyl (C=O) groups is 1. The van der Waals surface area contributed by atoms with Gasteiger partial charge < -0.3 is 9.84 Å². The van der Waals surface area contributed by atoms with Crippen molar-refractivity contribution < 1.29 is 14.6 Å². The van der Waals surface area contributed by atoms with E-state index in [1.807, 2.05) is 45.0 Å². The number of aryl methyl sites for hydroxylation is 2. The van der Waals surface area contributed by atoms with Gasteiger partial charge in [-0.2, -0.15) is 0 Å². The van der Waals surface area contributed by atoms with Crippen LogP contribution in [0, 0.1) is 20.8 Å². The monoisotopic (exact) mass is 318 g/mol. The van der Waals surface area contributed by atoms with Crippen molar-refractivity contribution in [3.63, 3.8) is 0 Å².